The minimum atomic E-state index is -3.75. The molecule has 0 N–H and O–H groups in total. The lowest BCUT2D eigenvalue weighted by atomic mass is 9.89. The lowest BCUT2D eigenvalue weighted by Crippen LogP contribution is -2.43. The summed E-state index contributed by atoms with van der Waals surface area (Å²) in [7, 11) is -2.01. The van der Waals surface area contributed by atoms with Gasteiger partial charge in [0, 0.05) is 20.1 Å². The molecule has 4 heterocycles. The van der Waals surface area contributed by atoms with E-state index in [-0.39, 0.29) is 18.4 Å². The Balaban J connectivity index is 1.61. The Bertz CT molecular complexity index is 1010. The van der Waals surface area contributed by atoms with Gasteiger partial charge in [-0.05, 0) is 44.0 Å². The Morgan fingerprint density at radius 1 is 1.27 bits per heavy atom. The fourth-order valence-electron chi connectivity index (χ4n) is 4.90. The van der Waals surface area contributed by atoms with Crippen molar-refractivity contribution < 1.29 is 18.0 Å². The molecule has 2 saturated heterocycles. The summed E-state index contributed by atoms with van der Waals surface area (Å²) < 4.78 is 27.0. The standard InChI is InChI=1S/C20H29N5O4S/c1-13(2)17-18-15(25(20(17)27)30(4,28)29)7-10-24(18)19(26)16-11-14(21-22(16)3)12-23-8-5-6-9-23/h7,11,13,17-18H,5-6,8-10,12H2,1-4H3/t17-,18+/m1/s1. The molecule has 2 fully saturated rings. The van der Waals surface area contributed by atoms with Crippen LogP contribution in [0.2, 0.25) is 0 Å². The molecule has 0 bridgehead atoms. The van der Waals surface area contributed by atoms with Crippen molar-refractivity contribution in [2.45, 2.75) is 39.3 Å². The Morgan fingerprint density at radius 3 is 2.53 bits per heavy atom. The SMILES string of the molecule is CC(C)[C@H]1C(=O)N(S(C)(=O)=O)C2=CCN(C(=O)c3cc(CN4CCCC4)nn3C)[C@@H]21. The molecular weight excluding hydrogens is 406 g/mol. The zero-order chi connectivity index (χ0) is 21.8. The summed E-state index contributed by atoms with van der Waals surface area (Å²) in [6, 6.07) is 1.24. The average molecular weight is 436 g/mol. The van der Waals surface area contributed by atoms with E-state index in [4.69, 9.17) is 0 Å². The van der Waals surface area contributed by atoms with Gasteiger partial charge in [0.05, 0.1) is 29.6 Å². The van der Waals surface area contributed by atoms with Gasteiger partial charge in [0.1, 0.15) is 5.69 Å². The fraction of sp³-hybridized carbons (Fsp3) is 0.650. The zero-order valence-electron chi connectivity index (χ0n) is 17.9. The molecule has 1 aromatic rings. The predicted octanol–water partition coefficient (Wildman–Crippen LogP) is 0.798. The summed E-state index contributed by atoms with van der Waals surface area (Å²) in [6.45, 7) is 6.83. The molecule has 0 saturated carbocycles. The average Bonchev–Trinajstić information content (AvgIpc) is 3.38. The molecule has 3 aliphatic rings. The number of rotatable bonds is 5. The number of aryl methyl sites for hydroxylation is 1. The third-order valence-corrected chi connectivity index (χ3v) is 7.29. The molecule has 9 nitrogen and oxygen atoms in total. The van der Waals surface area contributed by atoms with Crippen LogP contribution in [-0.4, -0.2) is 76.0 Å². The topological polar surface area (TPSA) is 95.8 Å². The van der Waals surface area contributed by atoms with Crippen LogP contribution in [0.4, 0.5) is 0 Å². The Labute approximate surface area is 177 Å². The molecule has 4 rings (SSSR count). The predicted molar refractivity (Wildman–Crippen MR) is 111 cm³/mol. The van der Waals surface area contributed by atoms with E-state index >= 15 is 0 Å². The first kappa shape index (κ1) is 21.0. The minimum absolute atomic E-state index is 0.108. The van der Waals surface area contributed by atoms with E-state index in [2.05, 4.69) is 10.00 Å². The summed E-state index contributed by atoms with van der Waals surface area (Å²) in [5, 5.41) is 4.51. The second-order valence-electron chi connectivity index (χ2n) is 8.79. The highest BCUT2D eigenvalue weighted by molar-refractivity contribution is 7.89. The van der Waals surface area contributed by atoms with Crippen LogP contribution < -0.4 is 0 Å². The van der Waals surface area contributed by atoms with Crippen LogP contribution in [-0.2, 0) is 28.4 Å². The number of hydrogen-bond acceptors (Lipinski definition) is 6. The number of likely N-dealkylation sites (tertiary alicyclic amines) is 1. The minimum Gasteiger partial charge on any atom is -0.324 e. The second kappa shape index (κ2) is 7.49. The molecule has 30 heavy (non-hydrogen) atoms. The summed E-state index contributed by atoms with van der Waals surface area (Å²) >= 11 is 0. The van der Waals surface area contributed by atoms with Crippen LogP contribution in [0.3, 0.4) is 0 Å². The monoisotopic (exact) mass is 435 g/mol. The van der Waals surface area contributed by atoms with Gasteiger partial charge in [0.15, 0.2) is 0 Å². The largest absolute Gasteiger partial charge is 0.324 e. The Morgan fingerprint density at radius 2 is 1.93 bits per heavy atom. The van der Waals surface area contributed by atoms with Gasteiger partial charge in [-0.1, -0.05) is 13.8 Å². The van der Waals surface area contributed by atoms with E-state index in [9.17, 15) is 18.0 Å². The number of hydrogen-bond donors (Lipinski definition) is 0. The van der Waals surface area contributed by atoms with Crippen molar-refractivity contribution in [1.82, 2.24) is 23.9 Å². The van der Waals surface area contributed by atoms with Crippen molar-refractivity contribution in [3.8, 4) is 0 Å². The first-order valence-corrected chi connectivity index (χ1v) is 12.2. The van der Waals surface area contributed by atoms with E-state index in [1.165, 1.54) is 12.8 Å². The van der Waals surface area contributed by atoms with Crippen LogP contribution >= 0.6 is 0 Å². The lowest BCUT2D eigenvalue weighted by Gasteiger charge is -2.28. The number of carbonyl (C=O) groups is 2. The van der Waals surface area contributed by atoms with E-state index in [1.807, 2.05) is 19.9 Å². The first-order valence-electron chi connectivity index (χ1n) is 10.4. The van der Waals surface area contributed by atoms with E-state index in [0.29, 0.717) is 17.9 Å². The molecule has 2 amide bonds. The number of carbonyl (C=O) groups excluding carboxylic acids is 2. The zero-order valence-corrected chi connectivity index (χ0v) is 18.7. The molecule has 2 atom stereocenters. The highest BCUT2D eigenvalue weighted by atomic mass is 32.2. The van der Waals surface area contributed by atoms with Crippen molar-refractivity contribution >= 4 is 21.8 Å². The normalized spacial score (nSPS) is 24.8. The molecule has 0 aliphatic carbocycles. The highest BCUT2D eigenvalue weighted by Gasteiger charge is 2.55. The molecule has 164 valence electrons. The molecule has 0 aromatic carbocycles. The van der Waals surface area contributed by atoms with Crippen molar-refractivity contribution in [1.29, 1.82) is 0 Å². The molecule has 3 aliphatic heterocycles. The Kier molecular flexibility index (Phi) is 5.26. The molecule has 0 radical (unpaired) electrons. The van der Waals surface area contributed by atoms with Crippen LogP contribution in [0.5, 0.6) is 0 Å². The van der Waals surface area contributed by atoms with Crippen molar-refractivity contribution in [3.63, 3.8) is 0 Å². The van der Waals surface area contributed by atoms with Gasteiger partial charge in [-0.25, -0.2) is 12.7 Å². The second-order valence-corrected chi connectivity index (χ2v) is 10.6. The molecule has 1 aromatic heterocycles. The van der Waals surface area contributed by atoms with Gasteiger partial charge in [-0.3, -0.25) is 19.2 Å². The molecule has 10 heteroatoms. The maximum Gasteiger partial charge on any atom is 0.272 e. The van der Waals surface area contributed by atoms with Crippen LogP contribution in [0.25, 0.3) is 0 Å². The molecular formula is C20H29N5O4S. The lowest BCUT2D eigenvalue weighted by molar-refractivity contribution is -0.128. The van der Waals surface area contributed by atoms with Gasteiger partial charge in [-0.2, -0.15) is 5.10 Å². The summed E-state index contributed by atoms with van der Waals surface area (Å²) in [6.07, 6.45) is 5.08. The van der Waals surface area contributed by atoms with Gasteiger partial charge in [0.2, 0.25) is 15.9 Å². The third kappa shape index (κ3) is 3.45. The number of amides is 2. The van der Waals surface area contributed by atoms with Crippen molar-refractivity contribution in [2.24, 2.45) is 18.9 Å². The summed E-state index contributed by atoms with van der Waals surface area (Å²) in [5.74, 6) is -1.39. The van der Waals surface area contributed by atoms with Gasteiger partial charge in [-0.15, -0.1) is 0 Å². The smallest absolute Gasteiger partial charge is 0.272 e. The van der Waals surface area contributed by atoms with Crippen LogP contribution in [0, 0.1) is 11.8 Å². The van der Waals surface area contributed by atoms with Gasteiger partial charge in [0.25, 0.3) is 5.91 Å². The fourth-order valence-corrected chi connectivity index (χ4v) is 5.91. The molecule has 0 spiro atoms. The van der Waals surface area contributed by atoms with E-state index in [0.717, 1.165) is 29.3 Å². The number of aromatic nitrogens is 2. The maximum atomic E-state index is 13.4. The Hall–Kier alpha value is -2.20. The summed E-state index contributed by atoms with van der Waals surface area (Å²) in [4.78, 5) is 30.3. The van der Waals surface area contributed by atoms with E-state index in [1.54, 1.807) is 22.7 Å². The summed E-state index contributed by atoms with van der Waals surface area (Å²) in [5.41, 5.74) is 1.69. The molecule has 0 unspecified atom stereocenters. The van der Waals surface area contributed by atoms with Crippen LogP contribution in [0.15, 0.2) is 17.8 Å². The highest BCUT2D eigenvalue weighted by Crippen LogP contribution is 2.41. The maximum absolute atomic E-state index is 13.4. The quantitative estimate of drug-likeness (QED) is 0.679. The number of nitrogens with zero attached hydrogens (tertiary/aromatic N) is 5. The van der Waals surface area contributed by atoms with Crippen molar-refractivity contribution in [2.75, 3.05) is 25.9 Å². The van der Waals surface area contributed by atoms with Crippen molar-refractivity contribution in [3.05, 3.63) is 29.2 Å². The van der Waals surface area contributed by atoms with Gasteiger partial charge >= 0.3 is 0 Å². The number of sulfonamides is 1. The number of fused-ring (bicyclic) bond motifs is 1. The van der Waals surface area contributed by atoms with Crippen LogP contribution in [0.1, 0.15) is 42.9 Å². The van der Waals surface area contributed by atoms with E-state index < -0.39 is 27.9 Å². The third-order valence-electron chi connectivity index (χ3n) is 6.24. The van der Waals surface area contributed by atoms with Gasteiger partial charge < -0.3 is 4.90 Å². The first-order chi connectivity index (χ1) is 14.1.